The molecule has 0 aromatic carbocycles. The van der Waals surface area contributed by atoms with E-state index in [1.54, 1.807) is 0 Å². The number of ether oxygens (including phenoxy) is 1. The maximum Gasteiger partial charge on any atom is 0.345 e. The van der Waals surface area contributed by atoms with Crippen molar-refractivity contribution < 1.29 is 24.2 Å². The molecule has 0 aliphatic carbocycles. The lowest BCUT2D eigenvalue weighted by Crippen LogP contribution is -2.18. The molecule has 0 aliphatic rings. The van der Waals surface area contributed by atoms with Gasteiger partial charge in [-0.2, -0.15) is 0 Å². The van der Waals surface area contributed by atoms with E-state index in [4.69, 9.17) is 5.11 Å². The number of rotatable bonds is 3. The Kier molecular flexibility index (Phi) is 4.36. The fourth-order valence-corrected chi connectivity index (χ4v) is 0.284. The van der Waals surface area contributed by atoms with Crippen molar-refractivity contribution in [3.05, 3.63) is 12.3 Å². The molecule has 11 heavy (non-hydrogen) atoms. The van der Waals surface area contributed by atoms with Gasteiger partial charge in [-0.1, -0.05) is 0 Å². The monoisotopic (exact) mass is 156 g/mol. The summed E-state index contributed by atoms with van der Waals surface area (Å²) in [5.41, 5.74) is 0. The van der Waals surface area contributed by atoms with Crippen LogP contribution >= 0.6 is 0 Å². The van der Waals surface area contributed by atoms with Gasteiger partial charge in [0.05, 0.1) is 0 Å². The topological polar surface area (TPSA) is 80.7 Å². The van der Waals surface area contributed by atoms with E-state index in [0.29, 0.717) is 12.3 Å². The number of hydrogen-bond donors (Lipinski definition) is 1. The van der Waals surface area contributed by atoms with Gasteiger partial charge in [-0.25, -0.2) is 14.4 Å². The van der Waals surface area contributed by atoms with E-state index < -0.39 is 12.1 Å². The highest BCUT2D eigenvalue weighted by atomic mass is 16.5. The Morgan fingerprint density at radius 1 is 1.45 bits per heavy atom. The smallest absolute Gasteiger partial charge is 0.345 e. The van der Waals surface area contributed by atoms with Gasteiger partial charge >= 0.3 is 5.97 Å². The van der Waals surface area contributed by atoms with Gasteiger partial charge in [-0.05, 0) is 0 Å². The number of aliphatic hydroxyl groups is 1. The molecule has 0 radical (unpaired) electrons. The first-order chi connectivity index (χ1) is 5.22. The molecule has 1 N–H and O–H groups in total. The highest BCUT2D eigenvalue weighted by Crippen LogP contribution is 1.87. The molecule has 0 spiro atoms. The minimum absolute atomic E-state index is 0.435. The van der Waals surface area contributed by atoms with Crippen molar-refractivity contribution in [2.24, 2.45) is 0 Å². The predicted molar refractivity (Wildman–Crippen MR) is 32.6 cm³/mol. The summed E-state index contributed by atoms with van der Waals surface area (Å²) in [4.78, 5) is 29.4. The van der Waals surface area contributed by atoms with E-state index in [1.165, 1.54) is 5.94 Å². The van der Waals surface area contributed by atoms with Crippen LogP contribution in [-0.4, -0.2) is 29.1 Å². The van der Waals surface area contributed by atoms with Gasteiger partial charge in [0.2, 0.25) is 0 Å². The summed E-state index contributed by atoms with van der Waals surface area (Å²) >= 11 is 0. The molecule has 0 fully saturated rings. The maximum atomic E-state index is 10.4. The molecule has 0 saturated heterocycles. The van der Waals surface area contributed by atoms with Crippen LogP contribution in [0.15, 0.2) is 12.3 Å². The fraction of sp³-hybridized carbons (Fsp3) is 0.167. The van der Waals surface area contributed by atoms with Crippen LogP contribution in [0.25, 0.3) is 0 Å². The van der Waals surface area contributed by atoms with Crippen LogP contribution in [0.3, 0.4) is 0 Å². The summed E-state index contributed by atoms with van der Waals surface area (Å²) in [5.74, 6) is 1.21. The van der Waals surface area contributed by atoms with E-state index in [9.17, 15) is 14.4 Å². The number of carbonyl (C=O) groups excluding carboxylic acids is 3. The fourth-order valence-electron chi connectivity index (χ4n) is 0.284. The Bertz CT molecular complexity index is 231. The molecule has 1 unspecified atom stereocenters. The minimum Gasteiger partial charge on any atom is -0.420 e. The van der Waals surface area contributed by atoms with Crippen molar-refractivity contribution in [1.82, 2.24) is 0 Å². The largest absolute Gasteiger partial charge is 0.420 e. The van der Waals surface area contributed by atoms with Crippen LogP contribution in [0.4, 0.5) is 0 Å². The van der Waals surface area contributed by atoms with Gasteiger partial charge in [0.15, 0.2) is 18.3 Å². The molecule has 0 saturated carbocycles. The molecule has 5 heteroatoms. The van der Waals surface area contributed by atoms with Crippen LogP contribution in [0.5, 0.6) is 0 Å². The van der Waals surface area contributed by atoms with Gasteiger partial charge in [-0.15, -0.1) is 0 Å². The van der Waals surface area contributed by atoms with Gasteiger partial charge in [0.1, 0.15) is 5.94 Å². The van der Waals surface area contributed by atoms with Crippen LogP contribution in [0, 0.1) is 0 Å². The standard InChI is InChI=1S/C6H4O5/c7-2-1-5(9)6(10)11-4-3-8/h1,4-5,9H. The van der Waals surface area contributed by atoms with E-state index in [2.05, 4.69) is 4.74 Å². The lowest BCUT2D eigenvalue weighted by Gasteiger charge is -1.97. The van der Waals surface area contributed by atoms with Crippen LogP contribution in [0.2, 0.25) is 0 Å². The molecule has 58 valence electrons. The predicted octanol–water partition coefficient (Wildman–Crippen LogP) is -1.38. The number of carbonyl (C=O) groups is 1. The highest BCUT2D eigenvalue weighted by molar-refractivity contribution is 5.79. The molecule has 0 heterocycles. The van der Waals surface area contributed by atoms with Crippen molar-refractivity contribution in [1.29, 1.82) is 0 Å². The van der Waals surface area contributed by atoms with Gasteiger partial charge in [0, 0.05) is 6.08 Å². The Labute approximate surface area is 61.6 Å². The van der Waals surface area contributed by atoms with Crippen molar-refractivity contribution >= 4 is 17.9 Å². The van der Waals surface area contributed by atoms with E-state index >= 15 is 0 Å². The van der Waals surface area contributed by atoms with Crippen molar-refractivity contribution in [3.8, 4) is 0 Å². The first-order valence-corrected chi connectivity index (χ1v) is 2.51. The molecule has 5 nitrogen and oxygen atoms in total. The second-order valence-corrected chi connectivity index (χ2v) is 1.40. The van der Waals surface area contributed by atoms with Gasteiger partial charge in [-0.3, -0.25) is 0 Å². The SMILES string of the molecule is O=C=COC(=O)C(O)C=C=O. The summed E-state index contributed by atoms with van der Waals surface area (Å²) in [7, 11) is 0. The molecular weight excluding hydrogens is 152 g/mol. The third-order valence-electron chi connectivity index (χ3n) is 0.691. The summed E-state index contributed by atoms with van der Waals surface area (Å²) in [6.07, 6.45) is -0.692. The average molecular weight is 156 g/mol. The summed E-state index contributed by atoms with van der Waals surface area (Å²) in [5, 5.41) is 8.60. The van der Waals surface area contributed by atoms with E-state index in [0.717, 1.165) is 5.94 Å². The Morgan fingerprint density at radius 2 is 2.09 bits per heavy atom. The van der Waals surface area contributed by atoms with Crippen LogP contribution in [0.1, 0.15) is 0 Å². The number of hydrogen-bond acceptors (Lipinski definition) is 5. The van der Waals surface area contributed by atoms with Crippen molar-refractivity contribution in [2.75, 3.05) is 0 Å². The molecule has 0 rings (SSSR count). The molecule has 0 aliphatic heterocycles. The first kappa shape index (κ1) is 9.33. The van der Waals surface area contributed by atoms with Crippen LogP contribution < -0.4 is 0 Å². The Hall–Kier alpha value is -1.67. The zero-order chi connectivity index (χ0) is 8.69. The minimum atomic E-state index is -1.68. The summed E-state index contributed by atoms with van der Waals surface area (Å²) < 4.78 is 3.96. The molecule has 0 bridgehead atoms. The normalized spacial score (nSPS) is 10.3. The zero-order valence-corrected chi connectivity index (χ0v) is 5.31. The molecule has 0 aromatic heterocycles. The lowest BCUT2D eigenvalue weighted by atomic mass is 10.4. The molecular formula is C6H4O5. The highest BCUT2D eigenvalue weighted by Gasteiger charge is 2.11. The lowest BCUT2D eigenvalue weighted by molar-refractivity contribution is -0.144. The second-order valence-electron chi connectivity index (χ2n) is 1.40. The molecule has 1 atom stereocenters. The van der Waals surface area contributed by atoms with Crippen molar-refractivity contribution in [3.63, 3.8) is 0 Å². The quantitative estimate of drug-likeness (QED) is 0.309. The maximum absolute atomic E-state index is 10.4. The Morgan fingerprint density at radius 3 is 2.55 bits per heavy atom. The molecule has 0 aromatic rings. The third-order valence-corrected chi connectivity index (χ3v) is 0.691. The van der Waals surface area contributed by atoms with Crippen LogP contribution in [-0.2, 0) is 19.1 Å². The summed E-state index contributed by atoms with van der Waals surface area (Å²) in [6.45, 7) is 0. The van der Waals surface area contributed by atoms with Gasteiger partial charge < -0.3 is 9.84 Å². The van der Waals surface area contributed by atoms with Gasteiger partial charge in [0.25, 0.3) is 0 Å². The third kappa shape index (κ3) is 3.83. The second kappa shape index (κ2) is 5.14. The number of esters is 1. The van der Waals surface area contributed by atoms with Crippen molar-refractivity contribution in [2.45, 2.75) is 6.10 Å². The molecule has 0 amide bonds. The van der Waals surface area contributed by atoms with E-state index in [1.807, 2.05) is 0 Å². The first-order valence-electron chi connectivity index (χ1n) is 2.51. The van der Waals surface area contributed by atoms with E-state index in [-0.39, 0.29) is 0 Å². The Balaban J connectivity index is 4.02. The zero-order valence-electron chi connectivity index (χ0n) is 5.31. The average Bonchev–Trinajstić information content (AvgIpc) is 2.00. The number of aliphatic hydroxyl groups excluding tert-OH is 1. The summed E-state index contributed by atoms with van der Waals surface area (Å²) in [6, 6.07) is 0.